The molecule has 0 aliphatic rings. The Morgan fingerprint density at radius 2 is 1.33 bits per heavy atom. The minimum Gasteiger partial charge on any atom is -0.508 e. The number of phenols is 2. The van der Waals surface area contributed by atoms with Crippen molar-refractivity contribution in [1.29, 1.82) is 0 Å². The Morgan fingerprint density at radius 1 is 0.857 bits per heavy atom. The summed E-state index contributed by atoms with van der Waals surface area (Å²) in [6, 6.07) is 8.50. The molecule has 0 saturated carbocycles. The first-order valence-electron chi connectivity index (χ1n) is 5.37. The Morgan fingerprint density at radius 3 is 1.76 bits per heavy atom. The molecule has 2 N–H and O–H groups in total. The molecular formula is C12H9ClN2O6. The Bertz CT molecular complexity index is 659. The van der Waals surface area contributed by atoms with E-state index >= 15 is 0 Å². The number of aromatic hydroxyl groups is 2. The van der Waals surface area contributed by atoms with Crippen LogP contribution in [-0.2, 0) is 0 Å². The molecule has 0 radical (unpaired) electrons. The summed E-state index contributed by atoms with van der Waals surface area (Å²) in [5.74, 6) is -0.122. The van der Waals surface area contributed by atoms with E-state index in [9.17, 15) is 20.2 Å². The number of phenolic OH excluding ortho intramolecular Hbond substituents is 2. The summed E-state index contributed by atoms with van der Waals surface area (Å²) >= 11 is 5.40. The van der Waals surface area contributed by atoms with E-state index in [1.165, 1.54) is 36.4 Å². The minimum atomic E-state index is -0.578. The number of non-ortho nitro benzene ring substituents is 2. The largest absolute Gasteiger partial charge is 0.508 e. The second-order valence-electron chi connectivity index (χ2n) is 3.67. The van der Waals surface area contributed by atoms with Crippen LogP contribution in [0, 0.1) is 20.2 Å². The van der Waals surface area contributed by atoms with E-state index in [1.54, 1.807) is 0 Å². The van der Waals surface area contributed by atoms with Gasteiger partial charge in [-0.3, -0.25) is 20.2 Å². The molecule has 0 aromatic heterocycles. The number of nitro benzene ring substituents is 2. The second kappa shape index (κ2) is 7.06. The Balaban J connectivity index is 0.000000211. The fraction of sp³-hybridized carbons (Fsp3) is 0. The van der Waals surface area contributed by atoms with Gasteiger partial charge in [0.15, 0.2) is 0 Å². The molecule has 0 bridgehead atoms. The van der Waals surface area contributed by atoms with Gasteiger partial charge < -0.3 is 10.2 Å². The van der Waals surface area contributed by atoms with Crippen molar-refractivity contribution in [3.05, 3.63) is 67.7 Å². The number of hydrogen-bond donors (Lipinski definition) is 2. The Labute approximate surface area is 123 Å². The smallest absolute Gasteiger partial charge is 0.271 e. The van der Waals surface area contributed by atoms with E-state index in [2.05, 4.69) is 0 Å². The predicted octanol–water partition coefficient (Wildman–Crippen LogP) is 3.25. The van der Waals surface area contributed by atoms with Crippen LogP contribution in [0.5, 0.6) is 11.5 Å². The molecule has 0 unspecified atom stereocenters. The third-order valence-electron chi connectivity index (χ3n) is 2.20. The zero-order valence-electron chi connectivity index (χ0n) is 10.3. The van der Waals surface area contributed by atoms with Gasteiger partial charge in [0, 0.05) is 24.3 Å². The molecule has 0 heterocycles. The molecular weight excluding hydrogens is 304 g/mol. The lowest BCUT2D eigenvalue weighted by Gasteiger charge is -1.94. The van der Waals surface area contributed by atoms with Gasteiger partial charge in [-0.1, -0.05) is 11.6 Å². The molecule has 110 valence electrons. The van der Waals surface area contributed by atoms with Crippen molar-refractivity contribution in [2.75, 3.05) is 0 Å². The van der Waals surface area contributed by atoms with Crippen molar-refractivity contribution in [2.45, 2.75) is 0 Å². The summed E-state index contributed by atoms with van der Waals surface area (Å²) in [5, 5.41) is 37.7. The average molecular weight is 313 g/mol. The van der Waals surface area contributed by atoms with Crippen LogP contribution in [0.25, 0.3) is 0 Å². The summed E-state index contributed by atoms with van der Waals surface area (Å²) in [6.45, 7) is 0. The van der Waals surface area contributed by atoms with E-state index in [1.807, 2.05) is 0 Å². The number of halogens is 1. The molecule has 0 aliphatic carbocycles. The van der Waals surface area contributed by atoms with E-state index < -0.39 is 9.85 Å². The normalized spacial score (nSPS) is 9.38. The summed E-state index contributed by atoms with van der Waals surface area (Å²) in [4.78, 5) is 19.1. The topological polar surface area (TPSA) is 127 Å². The van der Waals surface area contributed by atoms with Crippen molar-refractivity contribution >= 4 is 23.0 Å². The van der Waals surface area contributed by atoms with Gasteiger partial charge in [-0.15, -0.1) is 0 Å². The molecule has 8 nitrogen and oxygen atoms in total. The quantitative estimate of drug-likeness (QED) is 0.647. The Kier molecular flexibility index (Phi) is 5.44. The van der Waals surface area contributed by atoms with Crippen molar-refractivity contribution in [1.82, 2.24) is 0 Å². The molecule has 0 aliphatic heterocycles. The van der Waals surface area contributed by atoms with Crippen molar-refractivity contribution in [3.63, 3.8) is 0 Å². The minimum absolute atomic E-state index is 0.0146. The van der Waals surface area contributed by atoms with Gasteiger partial charge in [-0.2, -0.15) is 0 Å². The Hall–Kier alpha value is -2.87. The summed E-state index contributed by atoms with van der Waals surface area (Å²) in [7, 11) is 0. The highest BCUT2D eigenvalue weighted by molar-refractivity contribution is 6.32. The van der Waals surface area contributed by atoms with Crippen LogP contribution in [0.4, 0.5) is 11.4 Å². The van der Waals surface area contributed by atoms with E-state index in [0.717, 1.165) is 6.07 Å². The number of benzene rings is 2. The standard InChI is InChI=1S/C6H4ClNO3.C6H5NO3/c7-5-3-4(8(10)11)1-2-6(5)9;8-6-3-1-5(2-4-6)7(9)10/h1-3,9H;1-4,8H. The molecule has 0 fully saturated rings. The number of nitro groups is 2. The van der Waals surface area contributed by atoms with E-state index in [0.29, 0.717) is 0 Å². The maximum atomic E-state index is 10.1. The maximum absolute atomic E-state index is 10.1. The van der Waals surface area contributed by atoms with Crippen molar-refractivity contribution < 1.29 is 20.1 Å². The molecule has 9 heteroatoms. The summed E-state index contributed by atoms with van der Waals surface area (Å²) < 4.78 is 0. The molecule has 2 aromatic rings. The zero-order chi connectivity index (χ0) is 16.0. The first-order chi connectivity index (χ1) is 9.81. The van der Waals surface area contributed by atoms with Gasteiger partial charge in [0.2, 0.25) is 0 Å². The third kappa shape index (κ3) is 4.96. The highest BCUT2D eigenvalue weighted by Gasteiger charge is 2.07. The van der Waals surface area contributed by atoms with Crippen molar-refractivity contribution in [3.8, 4) is 11.5 Å². The van der Waals surface area contributed by atoms with Gasteiger partial charge >= 0.3 is 0 Å². The molecule has 21 heavy (non-hydrogen) atoms. The fourth-order valence-corrected chi connectivity index (χ4v) is 1.36. The summed E-state index contributed by atoms with van der Waals surface area (Å²) in [6.07, 6.45) is 0. The zero-order valence-corrected chi connectivity index (χ0v) is 11.1. The van der Waals surface area contributed by atoms with Crippen LogP contribution >= 0.6 is 11.6 Å². The number of nitrogens with zero attached hydrogens (tertiary/aromatic N) is 2. The number of hydrogen-bond acceptors (Lipinski definition) is 6. The molecule has 2 rings (SSSR count). The van der Waals surface area contributed by atoms with Crippen molar-refractivity contribution in [2.24, 2.45) is 0 Å². The molecule has 0 saturated heterocycles. The van der Waals surface area contributed by atoms with Crippen LogP contribution in [0.2, 0.25) is 5.02 Å². The number of rotatable bonds is 2. The molecule has 2 aromatic carbocycles. The van der Waals surface area contributed by atoms with Crippen LogP contribution in [0.15, 0.2) is 42.5 Å². The van der Waals surface area contributed by atoms with Gasteiger partial charge in [-0.25, -0.2) is 0 Å². The molecule has 0 atom stereocenters. The first-order valence-corrected chi connectivity index (χ1v) is 5.75. The monoisotopic (exact) mass is 312 g/mol. The lowest BCUT2D eigenvalue weighted by atomic mass is 10.3. The predicted molar refractivity (Wildman–Crippen MR) is 74.5 cm³/mol. The van der Waals surface area contributed by atoms with Gasteiger partial charge in [0.05, 0.1) is 14.9 Å². The lowest BCUT2D eigenvalue weighted by Crippen LogP contribution is -1.86. The fourth-order valence-electron chi connectivity index (χ4n) is 1.18. The third-order valence-corrected chi connectivity index (χ3v) is 2.51. The van der Waals surface area contributed by atoms with E-state index in [4.69, 9.17) is 21.8 Å². The van der Waals surface area contributed by atoms with Crippen LogP contribution in [0.3, 0.4) is 0 Å². The lowest BCUT2D eigenvalue weighted by molar-refractivity contribution is -0.385. The SMILES string of the molecule is O=[N+]([O-])c1ccc(O)c(Cl)c1.O=[N+]([O-])c1ccc(O)cc1. The first kappa shape index (κ1) is 16.2. The van der Waals surface area contributed by atoms with Gasteiger partial charge in [0.1, 0.15) is 11.5 Å². The second-order valence-corrected chi connectivity index (χ2v) is 4.07. The van der Waals surface area contributed by atoms with Crippen LogP contribution in [0.1, 0.15) is 0 Å². The van der Waals surface area contributed by atoms with Crippen LogP contribution in [-0.4, -0.2) is 20.1 Å². The maximum Gasteiger partial charge on any atom is 0.271 e. The highest BCUT2D eigenvalue weighted by atomic mass is 35.5. The molecule has 0 amide bonds. The van der Waals surface area contributed by atoms with E-state index in [-0.39, 0.29) is 27.9 Å². The van der Waals surface area contributed by atoms with Gasteiger partial charge in [0.25, 0.3) is 11.4 Å². The highest BCUT2D eigenvalue weighted by Crippen LogP contribution is 2.26. The van der Waals surface area contributed by atoms with Gasteiger partial charge in [-0.05, 0) is 18.2 Å². The molecule has 0 spiro atoms. The summed E-state index contributed by atoms with van der Waals surface area (Å²) in [5.41, 5.74) is -0.148. The van der Waals surface area contributed by atoms with Crippen LogP contribution < -0.4 is 0 Å². The average Bonchev–Trinajstić information content (AvgIpc) is 2.43.